The van der Waals surface area contributed by atoms with Crippen LogP contribution in [0.15, 0.2) is 12.3 Å². The zero-order valence-corrected chi connectivity index (χ0v) is 13.2. The van der Waals surface area contributed by atoms with Crippen LogP contribution in [-0.2, 0) is 0 Å². The third-order valence-electron chi connectivity index (χ3n) is 2.62. The largest absolute Gasteiger partial charge is 0.352 e. The number of rotatable bonds is 8. The molecule has 1 aromatic rings. The topological polar surface area (TPSA) is 42.0 Å². The number of pyridine rings is 1. The van der Waals surface area contributed by atoms with Gasteiger partial charge in [-0.15, -0.1) is 0 Å². The maximum atomic E-state index is 11.8. The highest BCUT2D eigenvalue weighted by Gasteiger charge is 2.08. The van der Waals surface area contributed by atoms with E-state index in [0.717, 1.165) is 12.8 Å². The molecule has 0 fully saturated rings. The van der Waals surface area contributed by atoms with E-state index in [1.54, 1.807) is 0 Å². The molecule has 0 aliphatic rings. The lowest BCUT2D eigenvalue weighted by molar-refractivity contribution is 0.0952. The van der Waals surface area contributed by atoms with Crippen LogP contribution in [0.4, 0.5) is 0 Å². The van der Waals surface area contributed by atoms with E-state index in [4.69, 9.17) is 23.2 Å². The minimum atomic E-state index is -0.157. The number of carbonyl (C=O) groups is 1. The van der Waals surface area contributed by atoms with Crippen LogP contribution in [0.3, 0.4) is 0 Å². The summed E-state index contributed by atoms with van der Waals surface area (Å²) in [7, 11) is 0. The number of hydrogen-bond donors (Lipinski definition) is 1. The molecule has 1 aromatic heterocycles. The van der Waals surface area contributed by atoms with Gasteiger partial charge in [-0.1, -0.05) is 36.0 Å². The van der Waals surface area contributed by atoms with Crippen LogP contribution in [-0.4, -0.2) is 29.4 Å². The normalized spacial score (nSPS) is 10.5. The van der Waals surface area contributed by atoms with E-state index in [1.165, 1.54) is 30.9 Å². The Kier molecular flexibility index (Phi) is 8.26. The highest BCUT2D eigenvalue weighted by Crippen LogP contribution is 2.19. The van der Waals surface area contributed by atoms with Gasteiger partial charge in [-0.2, -0.15) is 11.8 Å². The number of unbranched alkanes of at least 4 members (excludes halogenated alkanes) is 3. The van der Waals surface area contributed by atoms with E-state index >= 15 is 0 Å². The molecule has 6 heteroatoms. The summed E-state index contributed by atoms with van der Waals surface area (Å²) in [5, 5.41) is 3.36. The Balaban J connectivity index is 2.22. The maximum absolute atomic E-state index is 11.8. The van der Waals surface area contributed by atoms with Crippen molar-refractivity contribution in [3.8, 4) is 0 Å². The van der Waals surface area contributed by atoms with Crippen molar-refractivity contribution in [3.05, 3.63) is 28.0 Å². The van der Waals surface area contributed by atoms with Crippen molar-refractivity contribution < 1.29 is 4.79 Å². The Hall–Kier alpha value is -0.450. The van der Waals surface area contributed by atoms with Crippen LogP contribution >= 0.6 is 35.0 Å². The van der Waals surface area contributed by atoms with Gasteiger partial charge in [0.05, 0.1) is 10.6 Å². The highest BCUT2D eigenvalue weighted by atomic mass is 35.5. The average molecular weight is 321 g/mol. The lowest BCUT2D eigenvalue weighted by Crippen LogP contribution is -2.24. The summed E-state index contributed by atoms with van der Waals surface area (Å²) in [6.45, 7) is 0.679. The molecule has 0 saturated carbocycles. The SMILES string of the molecule is CSCCCCCCNC(=O)c1cnc(Cl)c(Cl)c1. The first-order valence-corrected chi connectivity index (χ1v) is 8.38. The molecule has 0 bridgehead atoms. The van der Waals surface area contributed by atoms with Crippen molar-refractivity contribution in [2.24, 2.45) is 0 Å². The molecule has 1 N–H and O–H groups in total. The third kappa shape index (κ3) is 6.50. The fraction of sp³-hybridized carbons (Fsp3) is 0.538. The maximum Gasteiger partial charge on any atom is 0.252 e. The Morgan fingerprint density at radius 1 is 1.32 bits per heavy atom. The molecule has 1 heterocycles. The second-order valence-corrected chi connectivity index (χ2v) is 5.91. The van der Waals surface area contributed by atoms with Crippen LogP contribution in [0.25, 0.3) is 0 Å². The molecule has 19 heavy (non-hydrogen) atoms. The lowest BCUT2D eigenvalue weighted by atomic mass is 10.2. The number of amides is 1. The van der Waals surface area contributed by atoms with Crippen LogP contribution < -0.4 is 5.32 Å². The minimum Gasteiger partial charge on any atom is -0.352 e. The molecule has 106 valence electrons. The second kappa shape index (κ2) is 9.45. The Morgan fingerprint density at radius 2 is 2.05 bits per heavy atom. The Bertz CT molecular complexity index is 416. The number of halogens is 2. The van der Waals surface area contributed by atoms with Crippen LogP contribution in [0, 0.1) is 0 Å². The molecule has 0 radical (unpaired) electrons. The molecular formula is C13H18Cl2N2OS. The number of aromatic nitrogens is 1. The van der Waals surface area contributed by atoms with Gasteiger partial charge in [-0.25, -0.2) is 4.98 Å². The van der Waals surface area contributed by atoms with Gasteiger partial charge in [0.1, 0.15) is 5.15 Å². The van der Waals surface area contributed by atoms with Crippen molar-refractivity contribution in [1.29, 1.82) is 0 Å². The summed E-state index contributed by atoms with van der Waals surface area (Å²) in [5.41, 5.74) is 0.441. The van der Waals surface area contributed by atoms with E-state index in [2.05, 4.69) is 16.6 Å². The van der Waals surface area contributed by atoms with Crippen LogP contribution in [0.1, 0.15) is 36.0 Å². The molecule has 0 aromatic carbocycles. The standard InChI is InChI=1S/C13H18Cl2N2OS/c1-19-7-5-3-2-4-6-16-13(18)10-8-11(14)12(15)17-9-10/h8-9H,2-7H2,1H3,(H,16,18). The van der Waals surface area contributed by atoms with Gasteiger partial charge >= 0.3 is 0 Å². The third-order valence-corrected chi connectivity index (χ3v) is 4.00. The average Bonchev–Trinajstić information content (AvgIpc) is 2.40. The van der Waals surface area contributed by atoms with Gasteiger partial charge in [0.15, 0.2) is 0 Å². The monoisotopic (exact) mass is 320 g/mol. The summed E-state index contributed by atoms with van der Waals surface area (Å²) in [6, 6.07) is 1.53. The summed E-state index contributed by atoms with van der Waals surface area (Å²) in [4.78, 5) is 15.6. The van der Waals surface area contributed by atoms with Crippen molar-refractivity contribution in [2.45, 2.75) is 25.7 Å². The van der Waals surface area contributed by atoms with E-state index in [-0.39, 0.29) is 11.1 Å². The van der Waals surface area contributed by atoms with E-state index < -0.39 is 0 Å². The van der Waals surface area contributed by atoms with Gasteiger partial charge in [-0.3, -0.25) is 4.79 Å². The van der Waals surface area contributed by atoms with Crippen LogP contribution in [0.2, 0.25) is 10.2 Å². The first-order chi connectivity index (χ1) is 9.15. The molecule has 0 aliphatic heterocycles. The summed E-state index contributed by atoms with van der Waals surface area (Å²) in [6.07, 6.45) is 8.14. The van der Waals surface area contributed by atoms with Crippen molar-refractivity contribution >= 4 is 40.9 Å². The number of nitrogens with one attached hydrogen (secondary N) is 1. The predicted molar refractivity (Wildman–Crippen MR) is 83.4 cm³/mol. The smallest absolute Gasteiger partial charge is 0.252 e. The molecule has 0 saturated heterocycles. The molecule has 0 spiro atoms. The van der Waals surface area contributed by atoms with Crippen molar-refractivity contribution in [3.63, 3.8) is 0 Å². The molecule has 1 amide bonds. The van der Waals surface area contributed by atoms with Gasteiger partial charge in [0.2, 0.25) is 0 Å². The summed E-state index contributed by atoms with van der Waals surface area (Å²) >= 11 is 13.4. The van der Waals surface area contributed by atoms with Crippen molar-refractivity contribution in [1.82, 2.24) is 10.3 Å². The quantitative estimate of drug-likeness (QED) is 0.580. The first-order valence-electron chi connectivity index (χ1n) is 6.23. The van der Waals surface area contributed by atoms with Crippen molar-refractivity contribution in [2.75, 3.05) is 18.6 Å². The zero-order valence-electron chi connectivity index (χ0n) is 10.9. The fourth-order valence-electron chi connectivity index (χ4n) is 1.57. The van der Waals surface area contributed by atoms with Gasteiger partial charge in [0.25, 0.3) is 5.91 Å². The predicted octanol–water partition coefficient (Wildman–Crippen LogP) is 4.04. The molecule has 0 atom stereocenters. The number of nitrogens with zero attached hydrogens (tertiary/aromatic N) is 1. The number of carbonyl (C=O) groups excluding carboxylic acids is 1. The van der Waals surface area contributed by atoms with Gasteiger partial charge in [-0.05, 0) is 30.9 Å². The number of hydrogen-bond acceptors (Lipinski definition) is 3. The van der Waals surface area contributed by atoms with Gasteiger partial charge < -0.3 is 5.32 Å². The van der Waals surface area contributed by atoms with E-state index in [1.807, 2.05) is 11.8 Å². The lowest BCUT2D eigenvalue weighted by Gasteiger charge is -2.05. The Morgan fingerprint density at radius 3 is 2.74 bits per heavy atom. The molecule has 3 nitrogen and oxygen atoms in total. The number of thioether (sulfide) groups is 1. The summed E-state index contributed by atoms with van der Waals surface area (Å²) in [5.74, 6) is 1.05. The Labute approximate surface area is 128 Å². The minimum absolute atomic E-state index is 0.157. The van der Waals surface area contributed by atoms with Gasteiger partial charge in [0, 0.05) is 12.7 Å². The molecule has 0 aliphatic carbocycles. The first kappa shape index (κ1) is 16.6. The van der Waals surface area contributed by atoms with E-state index in [9.17, 15) is 4.79 Å². The molecule has 0 unspecified atom stereocenters. The molecule has 1 rings (SSSR count). The second-order valence-electron chi connectivity index (χ2n) is 4.16. The van der Waals surface area contributed by atoms with E-state index in [0.29, 0.717) is 17.1 Å². The summed E-state index contributed by atoms with van der Waals surface area (Å²) < 4.78 is 0. The van der Waals surface area contributed by atoms with Crippen LogP contribution in [0.5, 0.6) is 0 Å². The zero-order chi connectivity index (χ0) is 14.1. The molecular weight excluding hydrogens is 303 g/mol. The fourth-order valence-corrected chi connectivity index (χ4v) is 2.34. The highest BCUT2D eigenvalue weighted by molar-refractivity contribution is 7.98.